The van der Waals surface area contributed by atoms with Crippen LogP contribution in [0.4, 0.5) is 0 Å². The van der Waals surface area contributed by atoms with Gasteiger partial charge in [-0.1, -0.05) is 159 Å². The van der Waals surface area contributed by atoms with Crippen molar-refractivity contribution in [3.8, 4) is 0 Å². The molecule has 0 aromatic carbocycles. The minimum Gasteiger partial charge on any atom is -0.498 e. The van der Waals surface area contributed by atoms with Crippen LogP contribution in [0.15, 0.2) is 60.9 Å². The highest BCUT2D eigenvalue weighted by Crippen LogP contribution is 2.43. The normalized spacial score (nSPS) is 14.7. The monoisotopic (exact) mass is 768 g/mol. The van der Waals surface area contributed by atoms with Gasteiger partial charge in [-0.2, -0.15) is 0 Å². The van der Waals surface area contributed by atoms with E-state index in [1.54, 1.807) is 12.3 Å². The van der Waals surface area contributed by atoms with Gasteiger partial charge in [0.1, 0.15) is 6.61 Å². The summed E-state index contributed by atoms with van der Waals surface area (Å²) in [6, 6.07) is 0. The number of phosphoric acid groups is 1. The summed E-state index contributed by atoms with van der Waals surface area (Å²) in [5, 5.41) is 10.0. The number of aliphatic hydroxyl groups is 1. The van der Waals surface area contributed by atoms with Gasteiger partial charge in [0.15, 0.2) is 6.10 Å². The van der Waals surface area contributed by atoms with Crippen molar-refractivity contribution >= 4 is 13.8 Å². The van der Waals surface area contributed by atoms with Crippen LogP contribution < -0.4 is 5.73 Å². The highest BCUT2D eigenvalue weighted by Gasteiger charge is 2.25. The molecule has 0 saturated carbocycles. The third kappa shape index (κ3) is 39.5. The van der Waals surface area contributed by atoms with Crippen LogP contribution in [0.25, 0.3) is 0 Å². The zero-order chi connectivity index (χ0) is 38.9. The second kappa shape index (κ2) is 39.7. The SMILES string of the molecule is CCCCC/C=C\C[C@H](O)/C=C/C=C\C/C=C\CCCC(=O)O[C@H](CO/C=C/CCCCCCCCCCCCCCCC)COP(=O)(O)OCCN. The van der Waals surface area contributed by atoms with E-state index >= 15 is 0 Å². The molecular weight excluding hydrogens is 689 g/mol. The Morgan fingerprint density at radius 2 is 1.25 bits per heavy atom. The molecule has 0 rings (SSSR count). The maximum absolute atomic E-state index is 12.5. The van der Waals surface area contributed by atoms with E-state index in [4.69, 9.17) is 24.3 Å². The number of phosphoric ester groups is 1. The molecule has 0 aliphatic rings. The van der Waals surface area contributed by atoms with Crippen LogP contribution in [0.5, 0.6) is 0 Å². The number of hydrogen-bond acceptors (Lipinski definition) is 8. The van der Waals surface area contributed by atoms with Crippen molar-refractivity contribution in [1.29, 1.82) is 0 Å². The van der Waals surface area contributed by atoms with Gasteiger partial charge >= 0.3 is 13.8 Å². The number of unbranched alkanes of at least 4 members (excludes halogenated alkanes) is 18. The van der Waals surface area contributed by atoms with Crippen molar-refractivity contribution in [3.63, 3.8) is 0 Å². The molecule has 0 aromatic rings. The van der Waals surface area contributed by atoms with Crippen molar-refractivity contribution in [2.45, 2.75) is 180 Å². The summed E-state index contributed by atoms with van der Waals surface area (Å²) in [6.07, 6.45) is 45.0. The maximum Gasteiger partial charge on any atom is 0.472 e. The quantitative estimate of drug-likeness (QED) is 0.0139. The summed E-state index contributed by atoms with van der Waals surface area (Å²) < 4.78 is 33.0. The van der Waals surface area contributed by atoms with Gasteiger partial charge in [-0.25, -0.2) is 4.57 Å². The van der Waals surface area contributed by atoms with Gasteiger partial charge in [0.25, 0.3) is 0 Å². The van der Waals surface area contributed by atoms with E-state index in [1.165, 1.54) is 103 Å². The van der Waals surface area contributed by atoms with E-state index in [1.807, 2.05) is 42.5 Å². The van der Waals surface area contributed by atoms with E-state index in [9.17, 15) is 19.4 Å². The molecule has 0 aliphatic heterocycles. The van der Waals surface area contributed by atoms with Crippen molar-refractivity contribution in [3.05, 3.63) is 60.9 Å². The molecule has 4 N–H and O–H groups in total. The number of ether oxygens (including phenoxy) is 2. The molecule has 10 heteroatoms. The summed E-state index contributed by atoms with van der Waals surface area (Å²) in [5.74, 6) is -0.433. The van der Waals surface area contributed by atoms with Gasteiger partial charge < -0.3 is 25.2 Å². The van der Waals surface area contributed by atoms with Crippen molar-refractivity contribution in [1.82, 2.24) is 0 Å². The molecule has 0 aromatic heterocycles. The molecule has 0 heterocycles. The fourth-order valence-corrected chi connectivity index (χ4v) is 6.22. The molecule has 0 amide bonds. The molecule has 0 radical (unpaired) electrons. The van der Waals surface area contributed by atoms with Gasteiger partial charge in [-0.15, -0.1) is 0 Å². The van der Waals surface area contributed by atoms with Crippen LogP contribution in [0.3, 0.4) is 0 Å². The summed E-state index contributed by atoms with van der Waals surface area (Å²) >= 11 is 0. The zero-order valence-corrected chi connectivity index (χ0v) is 34.5. The number of carbonyl (C=O) groups excluding carboxylic acids is 1. The van der Waals surface area contributed by atoms with Crippen LogP contribution in [0.2, 0.25) is 0 Å². The molecule has 53 heavy (non-hydrogen) atoms. The Kier molecular flexibility index (Phi) is 38.2. The largest absolute Gasteiger partial charge is 0.498 e. The van der Waals surface area contributed by atoms with E-state index in [-0.39, 0.29) is 32.8 Å². The van der Waals surface area contributed by atoms with E-state index in [0.717, 1.165) is 25.7 Å². The Balaban J connectivity index is 4.28. The van der Waals surface area contributed by atoms with Gasteiger partial charge in [-0.3, -0.25) is 13.8 Å². The number of allylic oxidation sites excluding steroid dienone is 7. The van der Waals surface area contributed by atoms with Crippen LogP contribution in [0.1, 0.15) is 168 Å². The summed E-state index contributed by atoms with van der Waals surface area (Å²) in [5.41, 5.74) is 5.35. The molecule has 0 bridgehead atoms. The smallest absolute Gasteiger partial charge is 0.472 e. The summed E-state index contributed by atoms with van der Waals surface area (Å²) in [7, 11) is -4.32. The Labute approximate surface area is 324 Å². The minimum absolute atomic E-state index is 0.00860. The fraction of sp³-hybridized carbons (Fsp3) is 0.744. The number of carbonyl (C=O) groups is 1. The van der Waals surface area contributed by atoms with Gasteiger partial charge in [0, 0.05) is 13.0 Å². The van der Waals surface area contributed by atoms with Gasteiger partial charge in [0.05, 0.1) is 25.6 Å². The predicted molar refractivity (Wildman–Crippen MR) is 220 cm³/mol. The molecule has 3 atom stereocenters. The second-order valence-electron chi connectivity index (χ2n) is 13.8. The van der Waals surface area contributed by atoms with E-state index < -0.39 is 26.0 Å². The molecule has 0 saturated heterocycles. The van der Waals surface area contributed by atoms with Gasteiger partial charge in [0.2, 0.25) is 0 Å². The summed E-state index contributed by atoms with van der Waals surface area (Å²) in [4.78, 5) is 22.4. The number of nitrogens with two attached hydrogens (primary N) is 1. The maximum atomic E-state index is 12.5. The third-order valence-electron chi connectivity index (χ3n) is 8.58. The first-order chi connectivity index (χ1) is 25.8. The molecule has 0 aliphatic carbocycles. The third-order valence-corrected chi connectivity index (χ3v) is 9.57. The highest BCUT2D eigenvalue weighted by atomic mass is 31.2. The lowest BCUT2D eigenvalue weighted by Crippen LogP contribution is -2.27. The first-order valence-corrected chi connectivity index (χ1v) is 22.4. The zero-order valence-electron chi connectivity index (χ0n) is 33.6. The molecule has 308 valence electrons. The van der Waals surface area contributed by atoms with E-state index in [2.05, 4.69) is 19.9 Å². The molecule has 9 nitrogen and oxygen atoms in total. The lowest BCUT2D eigenvalue weighted by Gasteiger charge is -2.19. The molecule has 0 spiro atoms. The predicted octanol–water partition coefficient (Wildman–Crippen LogP) is 11.5. The van der Waals surface area contributed by atoms with Crippen LogP contribution in [-0.4, -0.2) is 54.5 Å². The summed E-state index contributed by atoms with van der Waals surface area (Å²) in [6.45, 7) is 4.05. The number of esters is 1. The molecule has 1 unspecified atom stereocenters. The average Bonchev–Trinajstić information content (AvgIpc) is 3.14. The lowest BCUT2D eigenvalue weighted by atomic mass is 10.0. The van der Waals surface area contributed by atoms with Crippen molar-refractivity contribution < 1.29 is 37.9 Å². The fourth-order valence-electron chi connectivity index (χ4n) is 5.45. The standard InChI is InChI=1S/C43H78NO8P/c1-3-5-7-9-11-12-13-14-15-16-17-18-21-24-28-32-37-49-39-42(40-51-53(47,48)50-38-36-44)52-43(46)35-31-27-23-20-19-22-26-30-34-41(45)33-29-25-10-8-6-4-2/h20,22-23,25-26,29-30,32,34,37,41-42,45H,3-19,21,24,27-28,31,33,35-36,38-40,44H2,1-2H3,(H,47,48)/b23-20-,26-22-,29-25-,34-30+,37-32+/t41-,42+/m0/s1. The van der Waals surface area contributed by atoms with Crippen LogP contribution >= 0.6 is 7.82 Å². The number of aliphatic hydroxyl groups excluding tert-OH is 1. The van der Waals surface area contributed by atoms with Gasteiger partial charge in [-0.05, 0) is 57.4 Å². The van der Waals surface area contributed by atoms with Crippen molar-refractivity contribution in [2.75, 3.05) is 26.4 Å². The van der Waals surface area contributed by atoms with E-state index in [0.29, 0.717) is 19.3 Å². The Hall–Kier alpha value is -2.00. The first kappa shape index (κ1) is 51.0. The van der Waals surface area contributed by atoms with Crippen LogP contribution in [0, 0.1) is 0 Å². The number of rotatable bonds is 39. The Bertz CT molecular complexity index is 1010. The topological polar surface area (TPSA) is 138 Å². The van der Waals surface area contributed by atoms with Crippen molar-refractivity contribution in [2.24, 2.45) is 5.73 Å². The van der Waals surface area contributed by atoms with Crippen LogP contribution in [-0.2, 0) is 27.9 Å². The average molecular weight is 768 g/mol. The highest BCUT2D eigenvalue weighted by molar-refractivity contribution is 7.47. The number of hydrogen-bond donors (Lipinski definition) is 3. The Morgan fingerprint density at radius 3 is 1.91 bits per heavy atom. The molecular formula is C43H78NO8P. The second-order valence-corrected chi connectivity index (χ2v) is 15.2. The lowest BCUT2D eigenvalue weighted by molar-refractivity contribution is -0.153. The Morgan fingerprint density at radius 1 is 0.679 bits per heavy atom. The molecule has 0 fully saturated rings. The first-order valence-electron chi connectivity index (χ1n) is 20.9. The minimum atomic E-state index is -4.32.